The van der Waals surface area contributed by atoms with E-state index in [4.69, 9.17) is 4.74 Å². The smallest absolute Gasteiger partial charge is 0.338 e. The molecule has 0 bridgehead atoms. The molecule has 0 aliphatic heterocycles. The van der Waals surface area contributed by atoms with Gasteiger partial charge in [-0.05, 0) is 30.7 Å². The molecule has 3 heterocycles. The van der Waals surface area contributed by atoms with Crippen molar-refractivity contribution in [1.29, 1.82) is 0 Å². The van der Waals surface area contributed by atoms with Crippen molar-refractivity contribution in [3.8, 4) is 11.6 Å². The van der Waals surface area contributed by atoms with Crippen LogP contribution in [0.2, 0.25) is 0 Å². The molecule has 3 aromatic heterocycles. The van der Waals surface area contributed by atoms with E-state index in [0.29, 0.717) is 23.8 Å². The molecule has 0 aliphatic rings. The molecule has 0 N–H and O–H groups in total. The van der Waals surface area contributed by atoms with Crippen molar-refractivity contribution in [3.05, 3.63) is 54.6 Å². The first kappa shape index (κ1) is 20.8. The Hall–Kier alpha value is -2.96. The molecule has 29 heavy (non-hydrogen) atoms. The molecule has 0 atom stereocenters. The van der Waals surface area contributed by atoms with E-state index in [-0.39, 0.29) is 5.97 Å². The van der Waals surface area contributed by atoms with Crippen molar-refractivity contribution >= 4 is 5.97 Å². The van der Waals surface area contributed by atoms with E-state index in [1.165, 1.54) is 38.5 Å². The Labute approximate surface area is 171 Å². The number of ether oxygens (including phenoxy) is 1. The van der Waals surface area contributed by atoms with Gasteiger partial charge in [0.2, 0.25) is 0 Å². The van der Waals surface area contributed by atoms with Crippen LogP contribution in [0.25, 0.3) is 11.6 Å². The molecule has 0 radical (unpaired) electrons. The van der Waals surface area contributed by atoms with Crippen LogP contribution in [0.1, 0.15) is 68.6 Å². The van der Waals surface area contributed by atoms with Crippen molar-refractivity contribution in [1.82, 2.24) is 24.5 Å². The Morgan fingerprint density at radius 3 is 1.93 bits per heavy atom. The molecule has 0 aliphatic carbocycles. The number of rotatable bonds is 12. The molecule has 7 nitrogen and oxygen atoms in total. The summed E-state index contributed by atoms with van der Waals surface area (Å²) >= 11 is 0. The number of hydrogen-bond donors (Lipinski definition) is 0. The Morgan fingerprint density at radius 2 is 1.41 bits per heavy atom. The summed E-state index contributed by atoms with van der Waals surface area (Å²) < 4.78 is 8.72. The maximum atomic E-state index is 12.6. The summed E-state index contributed by atoms with van der Waals surface area (Å²) in [6.07, 6.45) is 16.6. The molecule has 0 saturated heterocycles. The van der Waals surface area contributed by atoms with Gasteiger partial charge in [-0.3, -0.25) is 0 Å². The van der Waals surface area contributed by atoms with Crippen LogP contribution in [0, 0.1) is 0 Å². The van der Waals surface area contributed by atoms with Crippen LogP contribution in [0.15, 0.2) is 49.1 Å². The summed E-state index contributed by atoms with van der Waals surface area (Å²) in [7, 11) is 0. The van der Waals surface area contributed by atoms with Crippen molar-refractivity contribution in [2.24, 2.45) is 0 Å². The largest absolute Gasteiger partial charge is 0.462 e. The van der Waals surface area contributed by atoms with E-state index in [1.54, 1.807) is 46.3 Å². The first-order valence-electron chi connectivity index (χ1n) is 10.5. The lowest BCUT2D eigenvalue weighted by Gasteiger charge is -2.09. The highest BCUT2D eigenvalue weighted by molar-refractivity contribution is 5.90. The van der Waals surface area contributed by atoms with Gasteiger partial charge >= 0.3 is 5.97 Å². The second-order valence-corrected chi connectivity index (χ2v) is 7.08. The Kier molecular flexibility index (Phi) is 7.98. The van der Waals surface area contributed by atoms with Gasteiger partial charge in [-0.15, -0.1) is 0 Å². The summed E-state index contributed by atoms with van der Waals surface area (Å²) in [5.74, 6) is 0.737. The topological polar surface area (TPSA) is 74.8 Å². The zero-order valence-electron chi connectivity index (χ0n) is 17.0. The van der Waals surface area contributed by atoms with E-state index in [0.717, 1.165) is 12.8 Å². The summed E-state index contributed by atoms with van der Waals surface area (Å²) in [6, 6.07) is 7.00. The molecule has 0 aromatic carbocycles. The fraction of sp³-hybridized carbons (Fsp3) is 0.455. The van der Waals surface area contributed by atoms with Gasteiger partial charge in [0, 0.05) is 24.8 Å². The van der Waals surface area contributed by atoms with E-state index in [9.17, 15) is 4.79 Å². The average Bonchev–Trinajstić information content (AvgIpc) is 3.46. The monoisotopic (exact) mass is 395 g/mol. The molecule has 0 amide bonds. The fourth-order valence-corrected chi connectivity index (χ4v) is 3.15. The van der Waals surface area contributed by atoms with Gasteiger partial charge in [0.05, 0.1) is 12.2 Å². The van der Waals surface area contributed by atoms with E-state index in [2.05, 4.69) is 22.1 Å². The molecule has 0 spiro atoms. The van der Waals surface area contributed by atoms with Crippen LogP contribution < -0.4 is 0 Å². The Balaban J connectivity index is 1.56. The number of aromatic nitrogens is 5. The van der Waals surface area contributed by atoms with Crippen molar-refractivity contribution in [2.75, 3.05) is 6.61 Å². The molecule has 154 valence electrons. The van der Waals surface area contributed by atoms with Crippen LogP contribution >= 0.6 is 0 Å². The highest BCUT2D eigenvalue weighted by Gasteiger charge is 2.14. The third-order valence-electron chi connectivity index (χ3n) is 4.74. The van der Waals surface area contributed by atoms with Crippen LogP contribution in [-0.4, -0.2) is 37.1 Å². The van der Waals surface area contributed by atoms with Crippen LogP contribution in [0.5, 0.6) is 0 Å². The lowest BCUT2D eigenvalue weighted by molar-refractivity contribution is 0.0497. The summed E-state index contributed by atoms with van der Waals surface area (Å²) in [6.45, 7) is 2.66. The summed E-state index contributed by atoms with van der Waals surface area (Å²) in [5, 5.41) is 8.41. The van der Waals surface area contributed by atoms with Crippen molar-refractivity contribution in [2.45, 2.75) is 58.3 Å². The lowest BCUT2D eigenvalue weighted by Crippen LogP contribution is -2.11. The van der Waals surface area contributed by atoms with E-state index >= 15 is 0 Å². The zero-order valence-corrected chi connectivity index (χ0v) is 17.0. The first-order valence-corrected chi connectivity index (χ1v) is 10.5. The van der Waals surface area contributed by atoms with Crippen LogP contribution in [-0.2, 0) is 4.74 Å². The average molecular weight is 396 g/mol. The number of esters is 1. The Morgan fingerprint density at radius 1 is 0.862 bits per heavy atom. The van der Waals surface area contributed by atoms with Gasteiger partial charge in [0.1, 0.15) is 0 Å². The maximum Gasteiger partial charge on any atom is 0.338 e. The second-order valence-electron chi connectivity index (χ2n) is 7.08. The van der Waals surface area contributed by atoms with Gasteiger partial charge in [-0.25, -0.2) is 19.1 Å². The molecule has 0 fully saturated rings. The summed E-state index contributed by atoms with van der Waals surface area (Å²) in [4.78, 5) is 17.1. The van der Waals surface area contributed by atoms with Gasteiger partial charge < -0.3 is 4.74 Å². The SMILES string of the molecule is CCCCCCCCCCOC(=O)c1cc(-n2cccn2)nc(-n2cccn2)c1. The molecule has 0 saturated carbocycles. The van der Waals surface area contributed by atoms with Gasteiger partial charge in [-0.1, -0.05) is 51.9 Å². The Bertz CT molecular complexity index is 807. The van der Waals surface area contributed by atoms with Crippen molar-refractivity contribution < 1.29 is 9.53 Å². The minimum absolute atomic E-state index is 0.350. The number of pyridine rings is 1. The quantitative estimate of drug-likeness (QED) is 0.327. The predicted molar refractivity (Wildman–Crippen MR) is 111 cm³/mol. The van der Waals surface area contributed by atoms with E-state index < -0.39 is 0 Å². The number of nitrogens with zero attached hydrogens (tertiary/aromatic N) is 5. The normalized spacial score (nSPS) is 10.9. The van der Waals surface area contributed by atoms with Gasteiger partial charge in [0.15, 0.2) is 11.6 Å². The standard InChI is InChI=1S/C22H29N5O2/c1-2-3-4-5-6-7-8-9-16-29-22(28)19-17-20(26-14-10-12-23-26)25-21(18-19)27-15-11-13-24-27/h10-15,17-18H,2-9,16H2,1H3. The maximum absolute atomic E-state index is 12.6. The molecular formula is C22H29N5O2. The molecule has 7 heteroatoms. The molecule has 0 unspecified atom stereocenters. The second kappa shape index (κ2) is 11.1. The minimum atomic E-state index is -0.350. The van der Waals surface area contributed by atoms with Gasteiger partial charge in [0.25, 0.3) is 0 Å². The minimum Gasteiger partial charge on any atom is -0.462 e. The third kappa shape index (κ3) is 6.27. The van der Waals surface area contributed by atoms with E-state index in [1.807, 2.05) is 12.1 Å². The molecule has 3 aromatic rings. The van der Waals surface area contributed by atoms with Crippen LogP contribution in [0.3, 0.4) is 0 Å². The van der Waals surface area contributed by atoms with Crippen LogP contribution in [0.4, 0.5) is 0 Å². The highest BCUT2D eigenvalue weighted by atomic mass is 16.5. The molecule has 3 rings (SSSR count). The van der Waals surface area contributed by atoms with Crippen molar-refractivity contribution in [3.63, 3.8) is 0 Å². The first-order chi connectivity index (χ1) is 14.3. The molecular weight excluding hydrogens is 366 g/mol. The number of hydrogen-bond acceptors (Lipinski definition) is 5. The highest BCUT2D eigenvalue weighted by Crippen LogP contribution is 2.15. The fourth-order valence-electron chi connectivity index (χ4n) is 3.15. The third-order valence-corrected chi connectivity index (χ3v) is 4.74. The lowest BCUT2D eigenvalue weighted by atomic mass is 10.1. The predicted octanol–water partition coefficient (Wildman–Crippen LogP) is 4.75. The number of unbranched alkanes of at least 4 members (excludes halogenated alkanes) is 7. The number of carbonyl (C=O) groups excluding carboxylic acids is 1. The summed E-state index contributed by atoms with van der Waals surface area (Å²) in [5.41, 5.74) is 0.440. The number of carbonyl (C=O) groups is 1. The zero-order chi connectivity index (χ0) is 20.3. The van der Waals surface area contributed by atoms with Gasteiger partial charge in [-0.2, -0.15) is 10.2 Å².